The Bertz CT molecular complexity index is 464. The van der Waals surface area contributed by atoms with E-state index >= 15 is 0 Å². The second-order valence-electron chi connectivity index (χ2n) is 5.17. The van der Waals surface area contributed by atoms with E-state index in [1.807, 2.05) is 26.0 Å². The van der Waals surface area contributed by atoms with Gasteiger partial charge in [-0.3, -0.25) is 4.90 Å². The first-order valence-corrected chi connectivity index (χ1v) is 6.75. The Morgan fingerprint density at radius 1 is 1.32 bits per heavy atom. The highest BCUT2D eigenvalue weighted by molar-refractivity contribution is 5.43. The molecule has 0 radical (unpaired) electrons. The van der Waals surface area contributed by atoms with Crippen molar-refractivity contribution in [1.29, 1.82) is 5.26 Å². The van der Waals surface area contributed by atoms with Crippen LogP contribution in [0.2, 0.25) is 0 Å². The molecule has 2 N–H and O–H groups in total. The maximum atomic E-state index is 9.86. The number of nitriles is 1. The summed E-state index contributed by atoms with van der Waals surface area (Å²) in [6, 6.07) is 6.43. The number of phenols is 1. The summed E-state index contributed by atoms with van der Waals surface area (Å²) in [5, 5.41) is 22.3. The molecule has 1 aromatic rings. The van der Waals surface area contributed by atoms with Crippen molar-refractivity contribution < 1.29 is 5.11 Å². The zero-order valence-electron chi connectivity index (χ0n) is 11.6. The van der Waals surface area contributed by atoms with Gasteiger partial charge >= 0.3 is 0 Å². The lowest BCUT2D eigenvalue weighted by atomic mass is 9.97. The first-order valence-electron chi connectivity index (χ1n) is 6.75. The van der Waals surface area contributed by atoms with Gasteiger partial charge < -0.3 is 10.4 Å². The van der Waals surface area contributed by atoms with E-state index in [0.29, 0.717) is 12.2 Å². The summed E-state index contributed by atoms with van der Waals surface area (Å²) in [4.78, 5) is 2.35. The summed E-state index contributed by atoms with van der Waals surface area (Å²) >= 11 is 0. The van der Waals surface area contributed by atoms with Crippen molar-refractivity contribution >= 4 is 0 Å². The average Bonchev–Trinajstić information content (AvgIpc) is 2.42. The number of rotatable bonds is 3. The molecule has 1 saturated heterocycles. The largest absolute Gasteiger partial charge is 0.507 e. The third-order valence-electron chi connectivity index (χ3n) is 3.78. The molecule has 0 saturated carbocycles. The van der Waals surface area contributed by atoms with Crippen molar-refractivity contribution in [1.82, 2.24) is 10.2 Å². The van der Waals surface area contributed by atoms with Gasteiger partial charge in [0.2, 0.25) is 0 Å². The number of nitrogens with one attached hydrogen (secondary N) is 1. The van der Waals surface area contributed by atoms with E-state index in [9.17, 15) is 5.11 Å². The molecular weight excluding hydrogens is 238 g/mol. The molecule has 1 aromatic carbocycles. The van der Waals surface area contributed by atoms with Crippen LogP contribution in [0.5, 0.6) is 5.75 Å². The molecule has 102 valence electrons. The maximum absolute atomic E-state index is 9.86. The molecular formula is C15H21N3O. The summed E-state index contributed by atoms with van der Waals surface area (Å²) in [6.07, 6.45) is 0.490. The lowest BCUT2D eigenvalue weighted by Crippen LogP contribution is -2.45. The monoisotopic (exact) mass is 259 g/mol. The van der Waals surface area contributed by atoms with E-state index < -0.39 is 0 Å². The van der Waals surface area contributed by atoms with Gasteiger partial charge in [0.25, 0.3) is 0 Å². The minimum Gasteiger partial charge on any atom is -0.507 e. The Hall–Kier alpha value is -1.57. The van der Waals surface area contributed by atoms with E-state index in [4.69, 9.17) is 5.26 Å². The first-order chi connectivity index (χ1) is 9.13. The molecule has 1 heterocycles. The second kappa shape index (κ2) is 6.05. The molecule has 1 atom stereocenters. The second-order valence-corrected chi connectivity index (χ2v) is 5.17. The van der Waals surface area contributed by atoms with Crippen LogP contribution in [0, 0.1) is 25.2 Å². The number of phenolic OH excluding ortho intramolecular Hbond substituents is 1. The van der Waals surface area contributed by atoms with Crippen LogP contribution in [0.1, 0.15) is 29.2 Å². The molecule has 0 bridgehead atoms. The molecule has 1 aliphatic heterocycles. The van der Waals surface area contributed by atoms with Crippen molar-refractivity contribution in [2.75, 3.05) is 26.2 Å². The van der Waals surface area contributed by atoms with Gasteiger partial charge in [-0.1, -0.05) is 12.1 Å². The molecule has 0 amide bonds. The standard InChI is InChI=1S/C15H21N3O/c1-11-9-13(10-12(2)15(11)19)14(3-4-16)18-7-5-17-6-8-18/h9-10,14,17,19H,3,5-8H2,1-2H3/t14-/m0/s1. The molecule has 4 nitrogen and oxygen atoms in total. The zero-order chi connectivity index (χ0) is 13.8. The highest BCUT2D eigenvalue weighted by Crippen LogP contribution is 2.30. The average molecular weight is 259 g/mol. The Labute approximate surface area is 114 Å². The summed E-state index contributed by atoms with van der Waals surface area (Å²) in [5.74, 6) is 0.361. The van der Waals surface area contributed by atoms with Gasteiger partial charge in [-0.25, -0.2) is 0 Å². The highest BCUT2D eigenvalue weighted by atomic mass is 16.3. The van der Waals surface area contributed by atoms with Crippen molar-refractivity contribution in [2.45, 2.75) is 26.3 Å². The Kier molecular flexibility index (Phi) is 4.41. The third kappa shape index (κ3) is 3.06. The van der Waals surface area contributed by atoms with E-state index in [-0.39, 0.29) is 6.04 Å². The SMILES string of the molecule is Cc1cc([C@H](CC#N)N2CCNCC2)cc(C)c1O. The Morgan fingerprint density at radius 2 is 1.89 bits per heavy atom. The fourth-order valence-electron chi connectivity index (χ4n) is 2.72. The number of hydrogen-bond acceptors (Lipinski definition) is 4. The molecule has 1 fully saturated rings. The Balaban J connectivity index is 2.30. The number of aromatic hydroxyl groups is 1. The van der Waals surface area contributed by atoms with Gasteiger partial charge in [-0.05, 0) is 30.5 Å². The smallest absolute Gasteiger partial charge is 0.121 e. The van der Waals surface area contributed by atoms with Crippen molar-refractivity contribution in [3.05, 3.63) is 28.8 Å². The normalized spacial score (nSPS) is 17.9. The molecule has 0 spiro atoms. The quantitative estimate of drug-likeness (QED) is 0.870. The van der Waals surface area contributed by atoms with E-state index in [1.165, 1.54) is 0 Å². The number of piperazine rings is 1. The van der Waals surface area contributed by atoms with E-state index in [1.54, 1.807) is 0 Å². The first kappa shape index (κ1) is 13.9. The van der Waals surface area contributed by atoms with Gasteiger partial charge in [-0.2, -0.15) is 5.26 Å². The van der Waals surface area contributed by atoms with Crippen molar-refractivity contribution in [3.63, 3.8) is 0 Å². The fourth-order valence-corrected chi connectivity index (χ4v) is 2.72. The predicted octanol–water partition coefficient (Wildman–Crippen LogP) is 1.87. The predicted molar refractivity (Wildman–Crippen MR) is 75.0 cm³/mol. The summed E-state index contributed by atoms with van der Waals surface area (Å²) in [5.41, 5.74) is 2.90. The lowest BCUT2D eigenvalue weighted by molar-refractivity contribution is 0.175. The number of aryl methyl sites for hydroxylation is 2. The van der Waals surface area contributed by atoms with Gasteiger partial charge in [0.15, 0.2) is 0 Å². The van der Waals surface area contributed by atoms with Crippen LogP contribution in [0.25, 0.3) is 0 Å². The molecule has 19 heavy (non-hydrogen) atoms. The van der Waals surface area contributed by atoms with Crippen LogP contribution in [-0.4, -0.2) is 36.2 Å². The molecule has 0 aliphatic carbocycles. The van der Waals surface area contributed by atoms with Gasteiger partial charge in [0.1, 0.15) is 5.75 Å². The summed E-state index contributed by atoms with van der Waals surface area (Å²) in [6.45, 7) is 7.69. The molecule has 1 aliphatic rings. The summed E-state index contributed by atoms with van der Waals surface area (Å²) < 4.78 is 0. The zero-order valence-corrected chi connectivity index (χ0v) is 11.6. The van der Waals surface area contributed by atoms with Crippen molar-refractivity contribution in [2.24, 2.45) is 0 Å². The van der Waals surface area contributed by atoms with Crippen LogP contribution in [-0.2, 0) is 0 Å². The van der Waals surface area contributed by atoms with Crippen LogP contribution in [0.3, 0.4) is 0 Å². The van der Waals surface area contributed by atoms with Crippen LogP contribution in [0.15, 0.2) is 12.1 Å². The molecule has 4 heteroatoms. The number of hydrogen-bond donors (Lipinski definition) is 2. The minimum absolute atomic E-state index is 0.130. The molecule has 2 rings (SSSR count). The topological polar surface area (TPSA) is 59.3 Å². The number of nitrogens with zero attached hydrogens (tertiary/aromatic N) is 2. The van der Waals surface area contributed by atoms with E-state index in [0.717, 1.165) is 42.9 Å². The Morgan fingerprint density at radius 3 is 2.42 bits per heavy atom. The molecule has 0 unspecified atom stereocenters. The van der Waals surface area contributed by atoms with E-state index in [2.05, 4.69) is 16.3 Å². The van der Waals surface area contributed by atoms with Crippen molar-refractivity contribution in [3.8, 4) is 11.8 Å². The highest BCUT2D eigenvalue weighted by Gasteiger charge is 2.22. The van der Waals surface area contributed by atoms with Gasteiger partial charge in [0, 0.05) is 32.2 Å². The lowest BCUT2D eigenvalue weighted by Gasteiger charge is -2.34. The van der Waals surface area contributed by atoms with Crippen LogP contribution in [0.4, 0.5) is 0 Å². The van der Waals surface area contributed by atoms with Gasteiger partial charge in [0.05, 0.1) is 12.5 Å². The van der Waals surface area contributed by atoms with Gasteiger partial charge in [-0.15, -0.1) is 0 Å². The van der Waals surface area contributed by atoms with Crippen LogP contribution >= 0.6 is 0 Å². The third-order valence-corrected chi connectivity index (χ3v) is 3.78. The summed E-state index contributed by atoms with van der Waals surface area (Å²) in [7, 11) is 0. The minimum atomic E-state index is 0.130. The van der Waals surface area contributed by atoms with Crippen LogP contribution < -0.4 is 5.32 Å². The fraction of sp³-hybridized carbons (Fsp3) is 0.533. The maximum Gasteiger partial charge on any atom is 0.121 e. The number of benzene rings is 1. The molecule has 0 aromatic heterocycles.